The summed E-state index contributed by atoms with van der Waals surface area (Å²) in [5.74, 6) is -0.291. The van der Waals surface area contributed by atoms with Gasteiger partial charge < -0.3 is 14.6 Å². The molecule has 1 aliphatic heterocycles. The molecule has 0 aromatic carbocycles. The number of carbonyl (C=O) groups is 1. The van der Waals surface area contributed by atoms with Gasteiger partial charge in [0.25, 0.3) is 5.56 Å². The highest BCUT2D eigenvalue weighted by molar-refractivity contribution is 5.74. The van der Waals surface area contributed by atoms with Gasteiger partial charge in [-0.2, -0.15) is 0 Å². The van der Waals surface area contributed by atoms with Gasteiger partial charge in [-0.15, -0.1) is 0 Å². The highest BCUT2D eigenvalue weighted by atomic mass is 16.4. The molecule has 108 valence electrons. The first kappa shape index (κ1) is 13.1. The normalized spacial score (nSPS) is 21.8. The third-order valence-corrected chi connectivity index (χ3v) is 4.47. The fourth-order valence-corrected chi connectivity index (χ4v) is 2.70. The molecule has 3 rings (SSSR count). The van der Waals surface area contributed by atoms with Crippen molar-refractivity contribution in [2.24, 2.45) is 5.41 Å². The number of rotatable bonds is 3. The van der Waals surface area contributed by atoms with Gasteiger partial charge in [-0.05, 0) is 32.6 Å². The fourth-order valence-electron chi connectivity index (χ4n) is 2.70. The van der Waals surface area contributed by atoms with E-state index in [4.69, 9.17) is 0 Å². The minimum Gasteiger partial charge on any atom is -0.481 e. The molecule has 0 spiro atoms. The molecule has 2 aliphatic rings. The molecule has 0 atom stereocenters. The molecule has 2 heterocycles. The second-order valence-corrected chi connectivity index (χ2v) is 6.05. The second-order valence-electron chi connectivity index (χ2n) is 6.05. The van der Waals surface area contributed by atoms with Gasteiger partial charge in [-0.3, -0.25) is 9.59 Å². The topological polar surface area (TPSA) is 75.4 Å². The molecule has 1 aromatic rings. The summed E-state index contributed by atoms with van der Waals surface area (Å²) >= 11 is 0. The van der Waals surface area contributed by atoms with Crippen LogP contribution in [0.2, 0.25) is 0 Å². The van der Waals surface area contributed by atoms with Crippen LogP contribution in [0.5, 0.6) is 0 Å². The number of piperidine rings is 1. The first-order chi connectivity index (χ1) is 9.51. The molecule has 1 aliphatic carbocycles. The van der Waals surface area contributed by atoms with Crippen LogP contribution in [0, 0.1) is 5.41 Å². The van der Waals surface area contributed by atoms with Crippen LogP contribution in [0.1, 0.15) is 38.6 Å². The summed E-state index contributed by atoms with van der Waals surface area (Å²) in [5.41, 5.74) is -0.727. The van der Waals surface area contributed by atoms with E-state index in [1.54, 1.807) is 23.9 Å². The number of nitrogens with zero attached hydrogens (tertiary/aromatic N) is 3. The molecule has 0 unspecified atom stereocenters. The van der Waals surface area contributed by atoms with Crippen molar-refractivity contribution in [3.63, 3.8) is 0 Å². The Morgan fingerprint density at radius 1 is 1.40 bits per heavy atom. The molecule has 1 aromatic heterocycles. The van der Waals surface area contributed by atoms with Crippen molar-refractivity contribution in [1.29, 1.82) is 0 Å². The van der Waals surface area contributed by atoms with Gasteiger partial charge in [0.05, 0.1) is 5.41 Å². The lowest BCUT2D eigenvalue weighted by molar-refractivity contribution is -0.149. The van der Waals surface area contributed by atoms with Crippen molar-refractivity contribution in [1.82, 2.24) is 9.55 Å². The zero-order chi connectivity index (χ0) is 14.3. The quantitative estimate of drug-likeness (QED) is 0.900. The van der Waals surface area contributed by atoms with E-state index in [9.17, 15) is 14.7 Å². The monoisotopic (exact) mass is 277 g/mol. The third kappa shape index (κ3) is 2.19. The molecule has 1 saturated carbocycles. The number of anilines is 1. The van der Waals surface area contributed by atoms with Gasteiger partial charge in [0.2, 0.25) is 0 Å². The predicted octanol–water partition coefficient (Wildman–Crippen LogP) is 1.27. The van der Waals surface area contributed by atoms with Crippen molar-refractivity contribution in [3.8, 4) is 0 Å². The Balaban J connectivity index is 1.80. The number of hydrogen-bond acceptors (Lipinski definition) is 4. The van der Waals surface area contributed by atoms with E-state index in [0.717, 1.165) is 12.8 Å². The maximum absolute atomic E-state index is 12.4. The summed E-state index contributed by atoms with van der Waals surface area (Å²) in [5, 5.41) is 9.23. The van der Waals surface area contributed by atoms with Gasteiger partial charge in [-0.1, -0.05) is 0 Å². The summed E-state index contributed by atoms with van der Waals surface area (Å²) in [6, 6.07) is 0.332. The van der Waals surface area contributed by atoms with E-state index in [-0.39, 0.29) is 5.56 Å². The van der Waals surface area contributed by atoms with E-state index < -0.39 is 11.4 Å². The number of aliphatic carboxylic acids is 1. The SMILES string of the molecule is CC1(C(=O)O)CCN(c2nccn(C3CC3)c2=O)CC1. The average Bonchev–Trinajstić information content (AvgIpc) is 3.24. The zero-order valence-electron chi connectivity index (χ0n) is 11.6. The first-order valence-electron chi connectivity index (χ1n) is 7.07. The van der Waals surface area contributed by atoms with Gasteiger partial charge in [0, 0.05) is 31.5 Å². The van der Waals surface area contributed by atoms with Crippen LogP contribution in [0.15, 0.2) is 17.2 Å². The predicted molar refractivity (Wildman–Crippen MR) is 74.0 cm³/mol. The van der Waals surface area contributed by atoms with E-state index in [1.165, 1.54) is 0 Å². The lowest BCUT2D eigenvalue weighted by Gasteiger charge is -2.36. The lowest BCUT2D eigenvalue weighted by Crippen LogP contribution is -2.45. The van der Waals surface area contributed by atoms with E-state index >= 15 is 0 Å². The summed E-state index contributed by atoms with van der Waals surface area (Å²) < 4.78 is 1.76. The summed E-state index contributed by atoms with van der Waals surface area (Å²) in [4.78, 5) is 29.8. The van der Waals surface area contributed by atoms with Crippen LogP contribution in [0.3, 0.4) is 0 Å². The summed E-state index contributed by atoms with van der Waals surface area (Å²) in [6.45, 7) is 2.91. The smallest absolute Gasteiger partial charge is 0.309 e. The van der Waals surface area contributed by atoms with Crippen LogP contribution >= 0.6 is 0 Å². The Morgan fingerprint density at radius 2 is 2.05 bits per heavy atom. The Morgan fingerprint density at radius 3 is 2.60 bits per heavy atom. The van der Waals surface area contributed by atoms with E-state index in [1.807, 2.05) is 4.90 Å². The van der Waals surface area contributed by atoms with Crippen molar-refractivity contribution < 1.29 is 9.90 Å². The van der Waals surface area contributed by atoms with Crippen molar-refractivity contribution in [2.45, 2.75) is 38.6 Å². The van der Waals surface area contributed by atoms with Crippen LogP contribution in [-0.4, -0.2) is 33.7 Å². The van der Waals surface area contributed by atoms with Crippen LogP contribution in [-0.2, 0) is 4.79 Å². The summed E-state index contributed by atoms with van der Waals surface area (Å²) in [7, 11) is 0. The number of hydrogen-bond donors (Lipinski definition) is 1. The molecule has 1 saturated heterocycles. The Labute approximate surface area is 117 Å². The van der Waals surface area contributed by atoms with E-state index in [0.29, 0.717) is 37.8 Å². The minimum atomic E-state index is -0.756. The maximum Gasteiger partial charge on any atom is 0.309 e. The Hall–Kier alpha value is -1.85. The zero-order valence-corrected chi connectivity index (χ0v) is 11.6. The van der Waals surface area contributed by atoms with Crippen LogP contribution in [0.25, 0.3) is 0 Å². The second kappa shape index (κ2) is 4.61. The molecule has 0 bridgehead atoms. The third-order valence-electron chi connectivity index (χ3n) is 4.47. The minimum absolute atomic E-state index is 0.0473. The molecule has 2 fully saturated rings. The maximum atomic E-state index is 12.4. The summed E-state index contributed by atoms with van der Waals surface area (Å²) in [6.07, 6.45) is 6.61. The first-order valence-corrected chi connectivity index (χ1v) is 7.07. The van der Waals surface area contributed by atoms with Gasteiger partial charge in [-0.25, -0.2) is 4.98 Å². The van der Waals surface area contributed by atoms with Crippen LogP contribution < -0.4 is 10.5 Å². The molecule has 20 heavy (non-hydrogen) atoms. The average molecular weight is 277 g/mol. The molecule has 6 nitrogen and oxygen atoms in total. The van der Waals surface area contributed by atoms with Crippen LogP contribution in [0.4, 0.5) is 5.82 Å². The number of carboxylic acid groups (broad SMARTS) is 1. The largest absolute Gasteiger partial charge is 0.481 e. The number of carboxylic acids is 1. The van der Waals surface area contributed by atoms with Crippen molar-refractivity contribution in [3.05, 3.63) is 22.7 Å². The number of aromatic nitrogens is 2. The standard InChI is InChI=1S/C14H19N3O3/c1-14(13(19)20)4-7-16(8-5-14)11-12(18)17(9-6-15-11)10-2-3-10/h6,9-10H,2-5,7-8H2,1H3,(H,19,20). The Kier molecular flexibility index (Phi) is 3.03. The fraction of sp³-hybridized carbons (Fsp3) is 0.643. The highest BCUT2D eigenvalue weighted by Gasteiger charge is 2.38. The van der Waals surface area contributed by atoms with Gasteiger partial charge in [0.1, 0.15) is 0 Å². The van der Waals surface area contributed by atoms with Gasteiger partial charge in [0.15, 0.2) is 5.82 Å². The molecular formula is C14H19N3O3. The molecular weight excluding hydrogens is 258 g/mol. The van der Waals surface area contributed by atoms with Gasteiger partial charge >= 0.3 is 5.97 Å². The lowest BCUT2D eigenvalue weighted by atomic mass is 9.80. The van der Waals surface area contributed by atoms with Crippen molar-refractivity contribution in [2.75, 3.05) is 18.0 Å². The molecule has 0 radical (unpaired) electrons. The van der Waals surface area contributed by atoms with Crippen molar-refractivity contribution >= 4 is 11.8 Å². The van der Waals surface area contributed by atoms with E-state index in [2.05, 4.69) is 4.98 Å². The Bertz CT molecular complexity index is 584. The molecule has 0 amide bonds. The molecule has 6 heteroatoms. The highest BCUT2D eigenvalue weighted by Crippen LogP contribution is 2.34. The molecule has 1 N–H and O–H groups in total.